The maximum Gasteiger partial charge on any atom is 0.322 e. The smallest absolute Gasteiger partial charge is 0.322 e. The molecule has 0 aliphatic heterocycles. The normalized spacial score (nSPS) is 8.17. The van der Waals surface area contributed by atoms with Crippen LogP contribution in [0.4, 0.5) is 0 Å². The van der Waals surface area contributed by atoms with Crippen molar-refractivity contribution in [2.24, 2.45) is 0 Å². The number of benzene rings is 1. The average Bonchev–Trinajstić information content (AvgIpc) is 2.57. The molecule has 2 N–H and O–H groups in total. The highest BCUT2D eigenvalue weighted by Crippen LogP contribution is 2.12. The van der Waals surface area contributed by atoms with Gasteiger partial charge in [-0.05, 0) is 0 Å². The number of carbonyl (C=O) groups excluding carboxylic acids is 2. The Labute approximate surface area is 143 Å². The second kappa shape index (κ2) is 18.2. The highest BCUT2D eigenvalue weighted by molar-refractivity contribution is 8.14. The highest BCUT2D eigenvalue weighted by atomic mass is 32.2. The van der Waals surface area contributed by atoms with Gasteiger partial charge in [-0.25, -0.2) is 0 Å². The maximum atomic E-state index is 11.6. The number of hydrogen-bond donors (Lipinski definition) is 2. The first-order valence-corrected chi connectivity index (χ1v) is 8.29. The number of hydrogen-bond acceptors (Lipinski definition) is 4. The third-order valence-corrected chi connectivity index (χ3v) is 2.91. The largest absolute Gasteiger partial charge is 0.480 e. The van der Waals surface area contributed by atoms with Crippen LogP contribution in [-0.4, -0.2) is 34.4 Å². The Balaban J connectivity index is -0.000000739. The van der Waals surface area contributed by atoms with E-state index in [-0.39, 0.29) is 24.9 Å². The minimum Gasteiger partial charge on any atom is -0.480 e. The third-order valence-electron chi connectivity index (χ3n) is 2.01. The Morgan fingerprint density at radius 2 is 1.57 bits per heavy atom. The van der Waals surface area contributed by atoms with Gasteiger partial charge in [0.1, 0.15) is 6.54 Å². The standard InChI is InChI=1S/C12H13NO4S.2C2H6.CH4/c14-10(13-8-11(15)16)6-7-18-12(17)9-4-2-1-3-5-9;2*1-2;/h1-5H,6-8H2,(H,13,14)(H,15,16);2*1-2H3;1H4. The molecule has 0 unspecified atom stereocenters. The van der Waals surface area contributed by atoms with E-state index in [0.717, 1.165) is 11.8 Å². The zero-order chi connectivity index (χ0) is 17.4. The first-order valence-electron chi connectivity index (χ1n) is 7.30. The van der Waals surface area contributed by atoms with Crippen LogP contribution in [0, 0.1) is 0 Å². The number of carboxylic acids is 1. The zero-order valence-electron chi connectivity index (χ0n) is 13.6. The Morgan fingerprint density at radius 3 is 2.04 bits per heavy atom. The lowest BCUT2D eigenvalue weighted by Gasteiger charge is -2.02. The van der Waals surface area contributed by atoms with Crippen molar-refractivity contribution in [3.63, 3.8) is 0 Å². The fourth-order valence-corrected chi connectivity index (χ4v) is 1.93. The van der Waals surface area contributed by atoms with Crippen LogP contribution in [0.25, 0.3) is 0 Å². The number of thioether (sulfide) groups is 1. The van der Waals surface area contributed by atoms with Crippen molar-refractivity contribution in [3.05, 3.63) is 35.9 Å². The minimum atomic E-state index is -1.09. The molecule has 132 valence electrons. The van der Waals surface area contributed by atoms with Crippen molar-refractivity contribution in [1.29, 1.82) is 0 Å². The second-order valence-corrected chi connectivity index (χ2v) is 4.49. The van der Waals surface area contributed by atoms with Gasteiger partial charge in [-0.1, -0.05) is 77.2 Å². The van der Waals surface area contributed by atoms with E-state index < -0.39 is 12.5 Å². The van der Waals surface area contributed by atoms with Crippen LogP contribution in [-0.2, 0) is 9.59 Å². The van der Waals surface area contributed by atoms with Gasteiger partial charge in [0.2, 0.25) is 11.0 Å². The van der Waals surface area contributed by atoms with Crippen molar-refractivity contribution in [2.45, 2.75) is 41.5 Å². The molecule has 0 atom stereocenters. The lowest BCUT2D eigenvalue weighted by Crippen LogP contribution is -2.29. The molecule has 0 aromatic heterocycles. The van der Waals surface area contributed by atoms with Crippen molar-refractivity contribution in [2.75, 3.05) is 12.3 Å². The Bertz CT molecular complexity index is 435. The quantitative estimate of drug-likeness (QED) is 0.820. The van der Waals surface area contributed by atoms with E-state index in [2.05, 4.69) is 5.32 Å². The molecule has 1 aromatic rings. The lowest BCUT2D eigenvalue weighted by molar-refractivity contribution is -0.137. The monoisotopic (exact) mass is 343 g/mol. The molecule has 0 fully saturated rings. The average molecular weight is 343 g/mol. The highest BCUT2D eigenvalue weighted by Gasteiger charge is 2.08. The molecule has 6 heteroatoms. The fraction of sp³-hybridized carbons (Fsp3) is 0.471. The molecule has 0 saturated heterocycles. The SMILES string of the molecule is C.CC.CC.O=C(O)CNC(=O)CCSC(=O)c1ccccc1. The van der Waals surface area contributed by atoms with E-state index in [1.165, 1.54) is 0 Å². The van der Waals surface area contributed by atoms with Crippen LogP contribution in [0.5, 0.6) is 0 Å². The van der Waals surface area contributed by atoms with Crippen LogP contribution >= 0.6 is 11.8 Å². The molecule has 0 aliphatic rings. The molecule has 1 rings (SSSR count). The van der Waals surface area contributed by atoms with Crippen molar-refractivity contribution in [1.82, 2.24) is 5.32 Å². The van der Waals surface area contributed by atoms with Crippen molar-refractivity contribution in [3.8, 4) is 0 Å². The van der Waals surface area contributed by atoms with E-state index in [0.29, 0.717) is 11.3 Å². The number of carbonyl (C=O) groups is 3. The van der Waals surface area contributed by atoms with Crippen LogP contribution in [0.2, 0.25) is 0 Å². The van der Waals surface area contributed by atoms with E-state index in [1.807, 2.05) is 33.8 Å². The van der Waals surface area contributed by atoms with Gasteiger partial charge >= 0.3 is 5.97 Å². The summed E-state index contributed by atoms with van der Waals surface area (Å²) < 4.78 is 0. The number of aliphatic carboxylic acids is 1. The summed E-state index contributed by atoms with van der Waals surface area (Å²) in [6.45, 7) is 7.61. The summed E-state index contributed by atoms with van der Waals surface area (Å²) in [4.78, 5) is 33.0. The summed E-state index contributed by atoms with van der Waals surface area (Å²) >= 11 is 1.04. The Hall–Kier alpha value is -1.82. The minimum absolute atomic E-state index is 0. The van der Waals surface area contributed by atoms with Gasteiger partial charge in [0.25, 0.3) is 0 Å². The van der Waals surface area contributed by atoms with Crippen LogP contribution < -0.4 is 5.32 Å². The number of carboxylic acid groups (broad SMARTS) is 1. The van der Waals surface area contributed by atoms with E-state index >= 15 is 0 Å². The van der Waals surface area contributed by atoms with Gasteiger partial charge in [-0.2, -0.15) is 0 Å². The molecular formula is C17H29NO4S. The molecule has 0 saturated carbocycles. The summed E-state index contributed by atoms with van der Waals surface area (Å²) in [6, 6.07) is 8.78. The Kier molecular flexibility index (Phi) is 20.7. The summed E-state index contributed by atoms with van der Waals surface area (Å²) in [5.74, 6) is -1.12. The summed E-state index contributed by atoms with van der Waals surface area (Å²) in [6.07, 6.45) is 0.122. The van der Waals surface area contributed by atoms with Gasteiger partial charge < -0.3 is 10.4 Å². The molecule has 0 aliphatic carbocycles. The van der Waals surface area contributed by atoms with Crippen LogP contribution in [0.15, 0.2) is 30.3 Å². The Morgan fingerprint density at radius 1 is 1.04 bits per heavy atom. The van der Waals surface area contributed by atoms with Crippen LogP contribution in [0.1, 0.15) is 51.9 Å². The summed E-state index contributed by atoms with van der Waals surface area (Å²) in [5.41, 5.74) is 0.591. The molecule has 23 heavy (non-hydrogen) atoms. The van der Waals surface area contributed by atoms with Gasteiger partial charge in [-0.15, -0.1) is 0 Å². The molecule has 0 bridgehead atoms. The van der Waals surface area contributed by atoms with Gasteiger partial charge in [0.05, 0.1) is 0 Å². The van der Waals surface area contributed by atoms with Gasteiger partial charge in [-0.3, -0.25) is 14.4 Å². The predicted molar refractivity (Wildman–Crippen MR) is 97.9 cm³/mol. The van der Waals surface area contributed by atoms with E-state index in [1.54, 1.807) is 24.3 Å². The number of amides is 1. The van der Waals surface area contributed by atoms with Crippen LogP contribution in [0.3, 0.4) is 0 Å². The lowest BCUT2D eigenvalue weighted by atomic mass is 10.2. The third kappa shape index (κ3) is 14.9. The molecule has 0 spiro atoms. The van der Waals surface area contributed by atoms with Crippen molar-refractivity contribution >= 4 is 28.8 Å². The van der Waals surface area contributed by atoms with E-state index in [9.17, 15) is 14.4 Å². The molecule has 1 amide bonds. The maximum absolute atomic E-state index is 11.6. The second-order valence-electron chi connectivity index (χ2n) is 3.42. The fourth-order valence-electron chi connectivity index (χ4n) is 1.16. The molecule has 0 heterocycles. The number of nitrogens with one attached hydrogen (secondary N) is 1. The summed E-state index contributed by atoms with van der Waals surface area (Å²) in [7, 11) is 0. The van der Waals surface area contributed by atoms with E-state index in [4.69, 9.17) is 5.11 Å². The molecular weight excluding hydrogens is 314 g/mol. The number of rotatable bonds is 6. The predicted octanol–water partition coefficient (Wildman–Crippen LogP) is 3.84. The van der Waals surface area contributed by atoms with Gasteiger partial charge in [0, 0.05) is 17.7 Å². The van der Waals surface area contributed by atoms with Gasteiger partial charge in [0.15, 0.2) is 0 Å². The summed E-state index contributed by atoms with van der Waals surface area (Å²) in [5, 5.41) is 10.5. The zero-order valence-corrected chi connectivity index (χ0v) is 14.4. The molecule has 0 radical (unpaired) electrons. The first-order chi connectivity index (χ1) is 10.6. The molecule has 5 nitrogen and oxygen atoms in total. The first kappa shape index (κ1) is 26.1. The van der Waals surface area contributed by atoms with Crippen molar-refractivity contribution < 1.29 is 19.5 Å². The topological polar surface area (TPSA) is 83.5 Å². The molecule has 1 aromatic carbocycles.